The maximum Gasteiger partial charge on any atom is 0.245 e. The molecule has 0 aromatic heterocycles. The summed E-state index contributed by atoms with van der Waals surface area (Å²) in [5.41, 5.74) is 1.43. The second-order valence-corrected chi connectivity index (χ2v) is 8.21. The van der Waals surface area contributed by atoms with Crippen LogP contribution in [0.5, 0.6) is 11.5 Å². The van der Waals surface area contributed by atoms with Gasteiger partial charge in [0.2, 0.25) is 17.7 Å². The molecule has 1 atom stereocenters. The highest BCUT2D eigenvalue weighted by atomic mass is 16.6. The maximum absolute atomic E-state index is 13.2. The fourth-order valence-electron chi connectivity index (χ4n) is 3.56. The van der Waals surface area contributed by atoms with Gasteiger partial charge in [0.05, 0.1) is 13.0 Å². The molecule has 1 aliphatic heterocycles. The quantitative estimate of drug-likeness (QED) is 0.608. The minimum absolute atomic E-state index is 0.123. The molecular weight excluding hydrogens is 422 g/mol. The molecule has 0 spiro atoms. The molecular formula is C25H31N3O5. The first-order valence-corrected chi connectivity index (χ1v) is 11.2. The molecule has 2 aromatic rings. The van der Waals surface area contributed by atoms with Crippen LogP contribution in [0.25, 0.3) is 0 Å². The Bertz CT molecular complexity index is 977. The standard InChI is InChI=1S/C25H31N3O5/c1-4-28(16-23(30)26-19-10-11-20-21(15-19)33-13-12-32-20)25(31)24(17(2)3)27-22(29)14-18-8-6-5-7-9-18/h5-11,15,17,24H,4,12-14,16H2,1-3H3,(H,26,30)(H,27,29). The molecule has 1 heterocycles. The number of ether oxygens (including phenoxy) is 2. The van der Waals surface area contributed by atoms with Gasteiger partial charge in [0.1, 0.15) is 19.3 Å². The van der Waals surface area contributed by atoms with Gasteiger partial charge in [-0.15, -0.1) is 0 Å². The number of hydrogen-bond donors (Lipinski definition) is 2. The van der Waals surface area contributed by atoms with E-state index in [1.807, 2.05) is 44.2 Å². The van der Waals surface area contributed by atoms with Crippen LogP contribution in [0.4, 0.5) is 5.69 Å². The minimum Gasteiger partial charge on any atom is -0.486 e. The highest BCUT2D eigenvalue weighted by molar-refractivity contribution is 5.96. The van der Waals surface area contributed by atoms with E-state index in [0.29, 0.717) is 36.9 Å². The third-order valence-electron chi connectivity index (χ3n) is 5.31. The van der Waals surface area contributed by atoms with Crippen LogP contribution < -0.4 is 20.1 Å². The maximum atomic E-state index is 13.2. The monoisotopic (exact) mass is 453 g/mol. The van der Waals surface area contributed by atoms with Gasteiger partial charge in [-0.25, -0.2) is 0 Å². The molecule has 8 heteroatoms. The van der Waals surface area contributed by atoms with Gasteiger partial charge in [0.25, 0.3) is 0 Å². The predicted octanol–water partition coefficient (Wildman–Crippen LogP) is 2.63. The molecule has 2 aromatic carbocycles. The Balaban J connectivity index is 1.60. The average molecular weight is 454 g/mol. The number of likely N-dealkylation sites (N-methyl/N-ethyl adjacent to an activating group) is 1. The molecule has 3 amide bonds. The Labute approximate surface area is 194 Å². The molecule has 0 fully saturated rings. The van der Waals surface area contributed by atoms with Crippen LogP contribution in [0.1, 0.15) is 26.3 Å². The van der Waals surface area contributed by atoms with Crippen LogP contribution in [0.15, 0.2) is 48.5 Å². The summed E-state index contributed by atoms with van der Waals surface area (Å²) in [4.78, 5) is 39.8. The molecule has 0 aliphatic carbocycles. The number of nitrogens with zero attached hydrogens (tertiary/aromatic N) is 1. The van der Waals surface area contributed by atoms with Gasteiger partial charge >= 0.3 is 0 Å². The topological polar surface area (TPSA) is 97.0 Å². The van der Waals surface area contributed by atoms with E-state index < -0.39 is 6.04 Å². The van der Waals surface area contributed by atoms with E-state index >= 15 is 0 Å². The number of carbonyl (C=O) groups is 3. The molecule has 0 bridgehead atoms. The lowest BCUT2D eigenvalue weighted by molar-refractivity contribution is -0.139. The number of anilines is 1. The first-order valence-electron chi connectivity index (χ1n) is 11.2. The Morgan fingerprint density at radius 2 is 1.67 bits per heavy atom. The van der Waals surface area contributed by atoms with Crippen LogP contribution in [-0.2, 0) is 20.8 Å². The van der Waals surface area contributed by atoms with E-state index in [-0.39, 0.29) is 36.6 Å². The zero-order chi connectivity index (χ0) is 23.8. The van der Waals surface area contributed by atoms with Crippen LogP contribution in [0.2, 0.25) is 0 Å². The average Bonchev–Trinajstić information content (AvgIpc) is 2.81. The van der Waals surface area contributed by atoms with Gasteiger partial charge in [-0.3, -0.25) is 14.4 Å². The summed E-state index contributed by atoms with van der Waals surface area (Å²) in [5, 5.41) is 5.64. The molecule has 176 valence electrons. The molecule has 33 heavy (non-hydrogen) atoms. The van der Waals surface area contributed by atoms with Gasteiger partial charge < -0.3 is 25.0 Å². The number of amides is 3. The Hall–Kier alpha value is -3.55. The predicted molar refractivity (Wildman–Crippen MR) is 125 cm³/mol. The van der Waals surface area contributed by atoms with Crippen LogP contribution in [0, 0.1) is 5.92 Å². The molecule has 2 N–H and O–H groups in total. The number of hydrogen-bond acceptors (Lipinski definition) is 5. The zero-order valence-electron chi connectivity index (χ0n) is 19.3. The number of fused-ring (bicyclic) bond motifs is 1. The van der Waals surface area contributed by atoms with E-state index in [1.165, 1.54) is 4.90 Å². The Morgan fingerprint density at radius 3 is 2.33 bits per heavy atom. The van der Waals surface area contributed by atoms with Crippen molar-refractivity contribution < 1.29 is 23.9 Å². The lowest BCUT2D eigenvalue weighted by atomic mass is 10.0. The normalized spacial score (nSPS) is 13.2. The summed E-state index contributed by atoms with van der Waals surface area (Å²) in [6.45, 7) is 6.70. The van der Waals surface area contributed by atoms with Crippen LogP contribution in [-0.4, -0.2) is 55.0 Å². The van der Waals surface area contributed by atoms with E-state index in [9.17, 15) is 14.4 Å². The molecule has 1 unspecified atom stereocenters. The van der Waals surface area contributed by atoms with Crippen molar-refractivity contribution in [2.24, 2.45) is 5.92 Å². The summed E-state index contributed by atoms with van der Waals surface area (Å²) >= 11 is 0. The van der Waals surface area contributed by atoms with Gasteiger partial charge in [-0.1, -0.05) is 44.2 Å². The molecule has 0 saturated carbocycles. The largest absolute Gasteiger partial charge is 0.486 e. The zero-order valence-corrected chi connectivity index (χ0v) is 19.3. The minimum atomic E-state index is -0.719. The number of carbonyl (C=O) groups excluding carboxylic acids is 3. The summed E-state index contributed by atoms with van der Waals surface area (Å²) in [6, 6.07) is 13.8. The smallest absolute Gasteiger partial charge is 0.245 e. The fraction of sp³-hybridized carbons (Fsp3) is 0.400. The molecule has 8 nitrogen and oxygen atoms in total. The number of rotatable bonds is 9. The van der Waals surface area contributed by atoms with Crippen molar-refractivity contribution in [3.05, 3.63) is 54.1 Å². The highest BCUT2D eigenvalue weighted by Gasteiger charge is 2.29. The SMILES string of the molecule is CCN(CC(=O)Nc1ccc2c(c1)OCCO2)C(=O)C(NC(=O)Cc1ccccc1)C(C)C. The van der Waals surface area contributed by atoms with Crippen molar-refractivity contribution in [3.8, 4) is 11.5 Å². The van der Waals surface area contributed by atoms with Gasteiger partial charge in [0, 0.05) is 18.3 Å². The first kappa shape index (κ1) is 24.1. The number of nitrogens with one attached hydrogen (secondary N) is 2. The highest BCUT2D eigenvalue weighted by Crippen LogP contribution is 2.32. The lowest BCUT2D eigenvalue weighted by Crippen LogP contribution is -2.53. The van der Waals surface area contributed by atoms with Crippen molar-refractivity contribution in [3.63, 3.8) is 0 Å². The fourth-order valence-corrected chi connectivity index (χ4v) is 3.56. The lowest BCUT2D eigenvalue weighted by Gasteiger charge is -2.28. The third-order valence-corrected chi connectivity index (χ3v) is 5.31. The summed E-state index contributed by atoms with van der Waals surface area (Å²) in [7, 11) is 0. The molecule has 1 aliphatic rings. The van der Waals surface area contributed by atoms with Gasteiger partial charge in [-0.05, 0) is 30.5 Å². The summed E-state index contributed by atoms with van der Waals surface area (Å²) in [6.07, 6.45) is 0.189. The van der Waals surface area contributed by atoms with Crippen LogP contribution >= 0.6 is 0 Å². The first-order chi connectivity index (χ1) is 15.9. The van der Waals surface area contributed by atoms with Crippen molar-refractivity contribution >= 4 is 23.4 Å². The van der Waals surface area contributed by atoms with Gasteiger partial charge in [0.15, 0.2) is 11.5 Å². The van der Waals surface area contributed by atoms with Crippen molar-refractivity contribution in [2.45, 2.75) is 33.2 Å². The van der Waals surface area contributed by atoms with Gasteiger partial charge in [-0.2, -0.15) is 0 Å². The van der Waals surface area contributed by atoms with Crippen LogP contribution in [0.3, 0.4) is 0 Å². The van der Waals surface area contributed by atoms with E-state index in [0.717, 1.165) is 5.56 Å². The molecule has 0 saturated heterocycles. The third kappa shape index (κ3) is 6.71. The Kier molecular flexibility index (Phi) is 8.29. The van der Waals surface area contributed by atoms with E-state index in [1.54, 1.807) is 25.1 Å². The van der Waals surface area contributed by atoms with Crippen molar-refractivity contribution in [1.29, 1.82) is 0 Å². The van der Waals surface area contributed by atoms with E-state index in [4.69, 9.17) is 9.47 Å². The second-order valence-electron chi connectivity index (χ2n) is 8.21. The molecule has 0 radical (unpaired) electrons. The molecule has 3 rings (SSSR count). The Morgan fingerprint density at radius 1 is 0.970 bits per heavy atom. The second kappa shape index (κ2) is 11.4. The summed E-state index contributed by atoms with van der Waals surface area (Å²) < 4.78 is 11.0. The van der Waals surface area contributed by atoms with Crippen molar-refractivity contribution in [2.75, 3.05) is 31.6 Å². The summed E-state index contributed by atoms with van der Waals surface area (Å²) in [5.74, 6) is 0.225. The van der Waals surface area contributed by atoms with E-state index in [2.05, 4.69) is 10.6 Å². The van der Waals surface area contributed by atoms with Crippen molar-refractivity contribution in [1.82, 2.24) is 10.2 Å². The number of benzene rings is 2.